The third-order valence-electron chi connectivity index (χ3n) is 4.49. The molecule has 0 radical (unpaired) electrons. The van der Waals surface area contributed by atoms with Crippen LogP contribution in [0.4, 0.5) is 0 Å². The van der Waals surface area contributed by atoms with Gasteiger partial charge in [-0.15, -0.1) is 11.3 Å². The van der Waals surface area contributed by atoms with Crippen molar-refractivity contribution in [3.05, 3.63) is 51.2 Å². The van der Waals surface area contributed by atoms with Crippen LogP contribution in [0.25, 0.3) is 0 Å². The lowest BCUT2D eigenvalue weighted by molar-refractivity contribution is -0.122. The second kappa shape index (κ2) is 8.36. The molecule has 0 saturated carbocycles. The number of rotatable bonds is 5. The second-order valence-corrected chi connectivity index (χ2v) is 7.96. The first-order valence-corrected chi connectivity index (χ1v) is 9.73. The fourth-order valence-corrected chi connectivity index (χ4v) is 4.07. The highest BCUT2D eigenvalue weighted by atomic mass is 32.1. The summed E-state index contributed by atoms with van der Waals surface area (Å²) >= 11 is 1.53. The molecule has 0 bridgehead atoms. The zero-order chi connectivity index (χ0) is 18.5. The monoisotopic (exact) mass is 372 g/mol. The third-order valence-corrected chi connectivity index (χ3v) is 5.72. The minimum Gasteiger partial charge on any atom is -0.493 e. The van der Waals surface area contributed by atoms with Crippen LogP contribution in [-0.2, 0) is 17.6 Å². The Morgan fingerprint density at radius 3 is 2.77 bits per heavy atom. The number of hydrazine groups is 1. The molecule has 0 aliphatic heterocycles. The van der Waals surface area contributed by atoms with Gasteiger partial charge in [-0.25, -0.2) is 0 Å². The van der Waals surface area contributed by atoms with Crippen molar-refractivity contribution >= 4 is 23.2 Å². The van der Waals surface area contributed by atoms with E-state index in [0.717, 1.165) is 24.2 Å². The zero-order valence-corrected chi connectivity index (χ0v) is 15.9. The Bertz CT molecular complexity index is 783. The van der Waals surface area contributed by atoms with Crippen LogP contribution in [0.1, 0.15) is 45.4 Å². The summed E-state index contributed by atoms with van der Waals surface area (Å²) in [5, 5.41) is 0. The summed E-state index contributed by atoms with van der Waals surface area (Å²) in [6.45, 7) is 4.50. The van der Waals surface area contributed by atoms with Gasteiger partial charge in [0.05, 0.1) is 17.9 Å². The smallest absolute Gasteiger partial charge is 0.279 e. The maximum Gasteiger partial charge on any atom is 0.279 e. The van der Waals surface area contributed by atoms with Crippen LogP contribution in [0.3, 0.4) is 0 Å². The van der Waals surface area contributed by atoms with Gasteiger partial charge in [0, 0.05) is 4.88 Å². The molecule has 1 atom stereocenters. The van der Waals surface area contributed by atoms with Gasteiger partial charge in [-0.3, -0.25) is 20.4 Å². The Morgan fingerprint density at radius 2 is 2.00 bits per heavy atom. The molecule has 1 aromatic carbocycles. The molecule has 0 saturated heterocycles. The van der Waals surface area contributed by atoms with Gasteiger partial charge in [-0.1, -0.05) is 24.6 Å². The Balaban J connectivity index is 1.41. The van der Waals surface area contributed by atoms with Crippen molar-refractivity contribution in [2.24, 2.45) is 5.92 Å². The largest absolute Gasteiger partial charge is 0.493 e. The number of hydrogen-bond donors (Lipinski definition) is 2. The van der Waals surface area contributed by atoms with Gasteiger partial charge >= 0.3 is 0 Å². The average Bonchev–Trinajstić information content (AvgIpc) is 3.04. The molecule has 1 aliphatic carbocycles. The lowest BCUT2D eigenvalue weighted by atomic mass is 9.90. The average molecular weight is 372 g/mol. The van der Waals surface area contributed by atoms with Crippen LogP contribution in [0, 0.1) is 12.8 Å². The standard InChI is InChI=1S/C20H24N2O3S/c1-13-3-6-16(7-4-13)25-10-9-19(23)21-22-20(24)18-12-15-11-14(2)5-8-17(15)26-18/h3-4,6-7,12,14H,5,8-11H2,1-2H3,(H,21,23)(H,22,24)/t14-/m1/s1. The fraction of sp³-hybridized carbons (Fsp3) is 0.400. The van der Waals surface area contributed by atoms with Crippen LogP contribution < -0.4 is 15.6 Å². The van der Waals surface area contributed by atoms with E-state index in [-0.39, 0.29) is 24.8 Å². The number of hydrogen-bond acceptors (Lipinski definition) is 4. The number of carbonyl (C=O) groups excluding carboxylic acids is 2. The maximum atomic E-state index is 12.2. The zero-order valence-electron chi connectivity index (χ0n) is 15.1. The molecule has 2 amide bonds. The van der Waals surface area contributed by atoms with E-state index in [1.54, 1.807) is 0 Å². The molecule has 1 aliphatic rings. The van der Waals surface area contributed by atoms with Crippen LogP contribution in [0.2, 0.25) is 0 Å². The number of aryl methyl sites for hydroxylation is 2. The minimum atomic E-state index is -0.277. The maximum absolute atomic E-state index is 12.2. The van der Waals surface area contributed by atoms with Gasteiger partial charge in [0.25, 0.3) is 5.91 Å². The first-order chi connectivity index (χ1) is 12.5. The molecule has 1 heterocycles. The van der Waals surface area contributed by atoms with Crippen LogP contribution in [-0.4, -0.2) is 18.4 Å². The van der Waals surface area contributed by atoms with E-state index >= 15 is 0 Å². The number of fused-ring (bicyclic) bond motifs is 1. The van der Waals surface area contributed by atoms with Crippen molar-refractivity contribution in [2.75, 3.05) is 6.61 Å². The number of thiophene rings is 1. The van der Waals surface area contributed by atoms with Gasteiger partial charge in [0.1, 0.15) is 5.75 Å². The summed E-state index contributed by atoms with van der Waals surface area (Å²) in [5.41, 5.74) is 7.38. The molecule has 0 fully saturated rings. The molecule has 2 aromatic rings. The van der Waals surface area contributed by atoms with Crippen molar-refractivity contribution in [3.8, 4) is 5.75 Å². The van der Waals surface area contributed by atoms with Gasteiger partial charge < -0.3 is 4.74 Å². The third kappa shape index (κ3) is 4.85. The lowest BCUT2D eigenvalue weighted by Crippen LogP contribution is -2.41. The van der Waals surface area contributed by atoms with E-state index < -0.39 is 0 Å². The SMILES string of the molecule is Cc1ccc(OCCC(=O)NNC(=O)c2cc3c(s2)CC[C@@H](C)C3)cc1. The summed E-state index contributed by atoms with van der Waals surface area (Å²) in [5.74, 6) is 0.859. The number of carbonyl (C=O) groups is 2. The van der Waals surface area contributed by atoms with E-state index in [2.05, 4.69) is 17.8 Å². The Morgan fingerprint density at radius 1 is 1.23 bits per heavy atom. The first kappa shape index (κ1) is 18.5. The van der Waals surface area contributed by atoms with E-state index in [4.69, 9.17) is 4.74 Å². The highest BCUT2D eigenvalue weighted by Crippen LogP contribution is 2.32. The van der Waals surface area contributed by atoms with Crippen LogP contribution in [0.5, 0.6) is 5.75 Å². The van der Waals surface area contributed by atoms with E-state index in [1.807, 2.05) is 37.3 Å². The summed E-state index contributed by atoms with van der Waals surface area (Å²) in [7, 11) is 0. The minimum absolute atomic E-state index is 0.173. The highest BCUT2D eigenvalue weighted by Gasteiger charge is 2.20. The van der Waals surface area contributed by atoms with Crippen molar-refractivity contribution < 1.29 is 14.3 Å². The predicted molar refractivity (Wildman–Crippen MR) is 102 cm³/mol. The van der Waals surface area contributed by atoms with Crippen molar-refractivity contribution in [1.29, 1.82) is 0 Å². The first-order valence-electron chi connectivity index (χ1n) is 8.91. The van der Waals surface area contributed by atoms with Gasteiger partial charge in [0.15, 0.2) is 0 Å². The second-order valence-electron chi connectivity index (χ2n) is 6.82. The molecule has 6 heteroatoms. The van der Waals surface area contributed by atoms with Crippen LogP contribution >= 0.6 is 11.3 Å². The Kier molecular flexibility index (Phi) is 5.93. The van der Waals surface area contributed by atoms with Crippen molar-refractivity contribution in [1.82, 2.24) is 10.9 Å². The topological polar surface area (TPSA) is 67.4 Å². The number of benzene rings is 1. The van der Waals surface area contributed by atoms with Crippen molar-refractivity contribution in [2.45, 2.75) is 39.5 Å². The highest BCUT2D eigenvalue weighted by molar-refractivity contribution is 7.14. The molecule has 5 nitrogen and oxygen atoms in total. The predicted octanol–water partition coefficient (Wildman–Crippen LogP) is 3.41. The number of amides is 2. The number of nitrogens with one attached hydrogen (secondary N) is 2. The van der Waals surface area contributed by atoms with Gasteiger partial charge in [0.2, 0.25) is 5.91 Å². The molecule has 0 spiro atoms. The van der Waals surface area contributed by atoms with Gasteiger partial charge in [-0.2, -0.15) is 0 Å². The Labute approximate surface area is 157 Å². The van der Waals surface area contributed by atoms with Crippen molar-refractivity contribution in [3.63, 3.8) is 0 Å². The molecule has 138 valence electrons. The van der Waals surface area contributed by atoms with Gasteiger partial charge in [-0.05, 0) is 55.9 Å². The van der Waals surface area contributed by atoms with E-state index in [0.29, 0.717) is 10.8 Å². The molecule has 1 aromatic heterocycles. The molecule has 0 unspecified atom stereocenters. The summed E-state index contributed by atoms with van der Waals surface area (Å²) in [6.07, 6.45) is 3.41. The fourth-order valence-electron chi connectivity index (χ4n) is 2.96. The normalized spacial score (nSPS) is 15.8. The summed E-state index contributed by atoms with van der Waals surface area (Å²) < 4.78 is 5.52. The summed E-state index contributed by atoms with van der Waals surface area (Å²) in [6, 6.07) is 9.61. The molecule has 2 N–H and O–H groups in total. The molecular formula is C20H24N2O3S. The number of ether oxygens (including phenoxy) is 1. The molecule has 3 rings (SSSR count). The lowest BCUT2D eigenvalue weighted by Gasteiger charge is -2.16. The van der Waals surface area contributed by atoms with E-state index in [9.17, 15) is 9.59 Å². The molecular weight excluding hydrogens is 348 g/mol. The van der Waals surface area contributed by atoms with E-state index in [1.165, 1.54) is 28.2 Å². The Hall–Kier alpha value is -2.34. The summed E-state index contributed by atoms with van der Waals surface area (Å²) in [4.78, 5) is 26.0. The quantitative estimate of drug-likeness (QED) is 0.791. The molecule has 26 heavy (non-hydrogen) atoms. The van der Waals surface area contributed by atoms with Crippen LogP contribution in [0.15, 0.2) is 30.3 Å².